The summed E-state index contributed by atoms with van der Waals surface area (Å²) in [5.74, 6) is -0.0251. The van der Waals surface area contributed by atoms with Gasteiger partial charge in [0.2, 0.25) is 5.70 Å². The molecule has 2 atom stereocenters. The molecule has 0 aliphatic heterocycles. The molecule has 0 saturated heterocycles. The summed E-state index contributed by atoms with van der Waals surface area (Å²) in [6.45, 7) is 3.64. The molecular formula is C9H12N2O2. The van der Waals surface area contributed by atoms with Crippen molar-refractivity contribution in [2.24, 2.45) is 11.8 Å². The highest BCUT2D eigenvalue weighted by Gasteiger charge is 2.31. The van der Waals surface area contributed by atoms with Crippen LogP contribution in [0.5, 0.6) is 0 Å². The quantitative estimate of drug-likeness (QED) is 0.458. The van der Waals surface area contributed by atoms with Gasteiger partial charge in [-0.3, -0.25) is 10.1 Å². The molecule has 1 aliphatic rings. The van der Waals surface area contributed by atoms with Gasteiger partial charge in [0, 0.05) is 12.0 Å². The van der Waals surface area contributed by atoms with Crippen LogP contribution in [0.25, 0.3) is 0 Å². The molecule has 0 saturated carbocycles. The summed E-state index contributed by atoms with van der Waals surface area (Å²) < 4.78 is 0. The summed E-state index contributed by atoms with van der Waals surface area (Å²) in [7, 11) is 0. The van der Waals surface area contributed by atoms with E-state index in [-0.39, 0.29) is 16.8 Å². The number of hydrogen-bond acceptors (Lipinski definition) is 3. The van der Waals surface area contributed by atoms with Crippen molar-refractivity contribution in [1.29, 1.82) is 5.26 Å². The molecule has 13 heavy (non-hydrogen) atoms. The van der Waals surface area contributed by atoms with Crippen LogP contribution in [0.2, 0.25) is 0 Å². The second-order valence-corrected chi connectivity index (χ2v) is 3.45. The first-order valence-electron chi connectivity index (χ1n) is 4.31. The number of nitro groups is 1. The van der Waals surface area contributed by atoms with Gasteiger partial charge < -0.3 is 0 Å². The lowest BCUT2D eigenvalue weighted by Gasteiger charge is -2.22. The van der Waals surface area contributed by atoms with Gasteiger partial charge in [-0.15, -0.1) is 0 Å². The topological polar surface area (TPSA) is 66.9 Å². The zero-order valence-electron chi connectivity index (χ0n) is 7.78. The molecule has 0 bridgehead atoms. The third-order valence-electron chi connectivity index (χ3n) is 2.82. The largest absolute Gasteiger partial charge is 0.259 e. The van der Waals surface area contributed by atoms with E-state index in [1.54, 1.807) is 6.92 Å². The van der Waals surface area contributed by atoms with E-state index in [0.29, 0.717) is 18.5 Å². The van der Waals surface area contributed by atoms with E-state index in [9.17, 15) is 10.1 Å². The molecular weight excluding hydrogens is 168 g/mol. The molecule has 70 valence electrons. The van der Waals surface area contributed by atoms with E-state index >= 15 is 0 Å². The Morgan fingerprint density at radius 3 is 2.77 bits per heavy atom. The minimum Gasteiger partial charge on any atom is -0.259 e. The van der Waals surface area contributed by atoms with Gasteiger partial charge in [-0.25, -0.2) is 0 Å². The summed E-state index contributed by atoms with van der Waals surface area (Å²) in [5, 5.41) is 19.3. The first-order chi connectivity index (χ1) is 6.07. The molecule has 0 amide bonds. The Morgan fingerprint density at radius 2 is 2.31 bits per heavy atom. The molecule has 0 aromatic heterocycles. The maximum atomic E-state index is 10.6. The van der Waals surface area contributed by atoms with Crippen LogP contribution in [0, 0.1) is 33.3 Å². The number of nitriles is 1. The smallest absolute Gasteiger partial charge is 0.245 e. The maximum Gasteiger partial charge on any atom is 0.245 e. The van der Waals surface area contributed by atoms with E-state index in [0.717, 1.165) is 5.57 Å². The van der Waals surface area contributed by atoms with Gasteiger partial charge in [-0.2, -0.15) is 5.26 Å². The lowest BCUT2D eigenvalue weighted by molar-refractivity contribution is -0.430. The highest BCUT2D eigenvalue weighted by Crippen LogP contribution is 2.33. The van der Waals surface area contributed by atoms with Gasteiger partial charge in [0.25, 0.3) is 0 Å². The van der Waals surface area contributed by atoms with Crippen molar-refractivity contribution in [3.8, 4) is 6.07 Å². The fourth-order valence-corrected chi connectivity index (χ4v) is 1.72. The lowest BCUT2D eigenvalue weighted by Crippen LogP contribution is -2.20. The van der Waals surface area contributed by atoms with Crippen LogP contribution < -0.4 is 0 Å². The molecule has 0 spiro atoms. The number of rotatable bonds is 1. The highest BCUT2D eigenvalue weighted by molar-refractivity contribution is 5.16. The van der Waals surface area contributed by atoms with Crippen molar-refractivity contribution in [3.05, 3.63) is 21.4 Å². The zero-order valence-corrected chi connectivity index (χ0v) is 7.78. The standard InChI is InChI=1S/C9H12N2O2/c1-6-7(2)9(11(12)13)4-3-8(6)5-10/h6,8H,3-4H2,1-2H3. The van der Waals surface area contributed by atoms with Crippen LogP contribution in [-0.2, 0) is 0 Å². The van der Waals surface area contributed by atoms with Crippen LogP contribution in [0.3, 0.4) is 0 Å². The molecule has 0 aromatic carbocycles. The van der Waals surface area contributed by atoms with Crippen LogP contribution in [0.1, 0.15) is 26.7 Å². The third kappa shape index (κ3) is 1.69. The highest BCUT2D eigenvalue weighted by atomic mass is 16.6. The molecule has 1 rings (SSSR count). The summed E-state index contributed by atoms with van der Waals surface area (Å²) in [6.07, 6.45) is 1.05. The number of nitrogens with zero attached hydrogens (tertiary/aromatic N) is 2. The van der Waals surface area contributed by atoms with Crippen LogP contribution in [-0.4, -0.2) is 4.92 Å². The second-order valence-electron chi connectivity index (χ2n) is 3.45. The van der Waals surface area contributed by atoms with E-state index in [2.05, 4.69) is 6.07 Å². The minimum atomic E-state index is -0.320. The summed E-state index contributed by atoms with van der Waals surface area (Å²) in [5.41, 5.74) is 1.07. The average Bonchev–Trinajstić information content (AvgIpc) is 2.09. The van der Waals surface area contributed by atoms with Gasteiger partial charge in [0.15, 0.2) is 0 Å². The lowest BCUT2D eigenvalue weighted by atomic mass is 9.79. The predicted molar refractivity (Wildman–Crippen MR) is 47.2 cm³/mol. The van der Waals surface area contributed by atoms with Crippen molar-refractivity contribution in [1.82, 2.24) is 0 Å². The Hall–Kier alpha value is -1.37. The van der Waals surface area contributed by atoms with Crippen molar-refractivity contribution in [2.75, 3.05) is 0 Å². The van der Waals surface area contributed by atoms with Crippen LogP contribution in [0.15, 0.2) is 11.3 Å². The Balaban J connectivity index is 2.97. The Bertz CT molecular complexity index is 301. The number of hydrogen-bond donors (Lipinski definition) is 0. The van der Waals surface area contributed by atoms with Gasteiger partial charge >= 0.3 is 0 Å². The normalized spacial score (nSPS) is 28.4. The third-order valence-corrected chi connectivity index (χ3v) is 2.82. The van der Waals surface area contributed by atoms with Gasteiger partial charge in [0.05, 0.1) is 16.9 Å². The first-order valence-corrected chi connectivity index (χ1v) is 4.31. The summed E-state index contributed by atoms with van der Waals surface area (Å²) in [6, 6.07) is 2.19. The SMILES string of the molecule is CC1=C([N+](=O)[O-])CCC(C#N)C1C. The minimum absolute atomic E-state index is 0.0270. The predicted octanol–water partition coefficient (Wildman–Crippen LogP) is 2.11. The summed E-state index contributed by atoms with van der Waals surface area (Å²) >= 11 is 0. The van der Waals surface area contributed by atoms with Crippen molar-refractivity contribution in [3.63, 3.8) is 0 Å². The fourth-order valence-electron chi connectivity index (χ4n) is 1.72. The molecule has 0 fully saturated rings. The van der Waals surface area contributed by atoms with Crippen molar-refractivity contribution in [2.45, 2.75) is 26.7 Å². The Labute approximate surface area is 77.0 Å². The zero-order chi connectivity index (χ0) is 10.0. The molecule has 0 N–H and O–H groups in total. The van der Waals surface area contributed by atoms with Crippen molar-refractivity contribution >= 4 is 0 Å². The first kappa shape index (κ1) is 9.72. The molecule has 1 aliphatic carbocycles. The Morgan fingerprint density at radius 1 is 1.69 bits per heavy atom. The van der Waals surface area contributed by atoms with E-state index < -0.39 is 0 Å². The van der Waals surface area contributed by atoms with Gasteiger partial charge in [0.1, 0.15) is 0 Å². The van der Waals surface area contributed by atoms with Gasteiger partial charge in [-0.1, -0.05) is 6.92 Å². The molecule has 0 aromatic rings. The van der Waals surface area contributed by atoms with Crippen LogP contribution in [0.4, 0.5) is 0 Å². The fraction of sp³-hybridized carbons (Fsp3) is 0.667. The molecule has 0 radical (unpaired) electrons. The van der Waals surface area contributed by atoms with Crippen molar-refractivity contribution < 1.29 is 4.92 Å². The monoisotopic (exact) mass is 180 g/mol. The molecule has 4 heteroatoms. The van der Waals surface area contributed by atoms with E-state index in [1.165, 1.54) is 0 Å². The van der Waals surface area contributed by atoms with E-state index in [1.807, 2.05) is 6.92 Å². The average molecular weight is 180 g/mol. The molecule has 2 unspecified atom stereocenters. The second kappa shape index (κ2) is 3.56. The summed E-state index contributed by atoms with van der Waals surface area (Å²) in [4.78, 5) is 10.3. The molecule has 0 heterocycles. The maximum absolute atomic E-state index is 10.6. The number of allylic oxidation sites excluding steroid dienone is 2. The molecule has 4 nitrogen and oxygen atoms in total. The van der Waals surface area contributed by atoms with Gasteiger partial charge in [-0.05, 0) is 19.3 Å². The Kier molecular flexibility index (Phi) is 2.66. The van der Waals surface area contributed by atoms with Crippen LogP contribution >= 0.6 is 0 Å². The van der Waals surface area contributed by atoms with E-state index in [4.69, 9.17) is 5.26 Å².